The molecule has 0 saturated carbocycles. The van der Waals surface area contributed by atoms with Crippen LogP contribution < -0.4 is 4.90 Å². The van der Waals surface area contributed by atoms with Crippen LogP contribution in [0.4, 0.5) is 5.69 Å². The zero-order valence-electron chi connectivity index (χ0n) is 10.3. The standard InChI is InChI=1S/C13H14N2O3/c1-9-4-3-5-10(6-9)15(2)8-11-7-12(13(16)17)14-18-11/h3-7H,8H2,1-2H3,(H,16,17). The predicted octanol–water partition coefficient (Wildman–Crippen LogP) is 2.32. The second-order valence-corrected chi connectivity index (χ2v) is 4.18. The van der Waals surface area contributed by atoms with Crippen molar-refractivity contribution in [2.45, 2.75) is 13.5 Å². The minimum absolute atomic E-state index is 0.0670. The molecule has 0 saturated heterocycles. The van der Waals surface area contributed by atoms with E-state index in [1.807, 2.05) is 37.1 Å². The molecule has 0 unspecified atom stereocenters. The molecule has 5 heteroatoms. The topological polar surface area (TPSA) is 66.6 Å². The van der Waals surface area contributed by atoms with Crippen LogP contribution in [0.3, 0.4) is 0 Å². The van der Waals surface area contributed by atoms with Crippen LogP contribution in [0.2, 0.25) is 0 Å². The van der Waals surface area contributed by atoms with Gasteiger partial charge in [0.25, 0.3) is 0 Å². The Morgan fingerprint density at radius 1 is 1.44 bits per heavy atom. The number of aryl methyl sites for hydroxylation is 1. The average molecular weight is 246 g/mol. The molecule has 0 bridgehead atoms. The van der Waals surface area contributed by atoms with Gasteiger partial charge in [0.2, 0.25) is 0 Å². The van der Waals surface area contributed by atoms with Crippen LogP contribution in [0.25, 0.3) is 0 Å². The molecule has 5 nitrogen and oxygen atoms in total. The number of benzene rings is 1. The lowest BCUT2D eigenvalue weighted by molar-refractivity contribution is 0.0685. The molecule has 0 aliphatic rings. The maximum atomic E-state index is 10.7. The van der Waals surface area contributed by atoms with E-state index in [4.69, 9.17) is 9.63 Å². The molecule has 0 aliphatic heterocycles. The van der Waals surface area contributed by atoms with Gasteiger partial charge >= 0.3 is 5.97 Å². The fourth-order valence-corrected chi connectivity index (χ4v) is 1.68. The number of carboxylic acid groups (broad SMARTS) is 1. The van der Waals surface area contributed by atoms with Gasteiger partial charge < -0.3 is 14.5 Å². The maximum absolute atomic E-state index is 10.7. The second kappa shape index (κ2) is 4.91. The largest absolute Gasteiger partial charge is 0.476 e. The third-order valence-electron chi connectivity index (χ3n) is 2.61. The molecule has 0 atom stereocenters. The van der Waals surface area contributed by atoms with Gasteiger partial charge in [0.05, 0.1) is 6.54 Å². The summed E-state index contributed by atoms with van der Waals surface area (Å²) in [5, 5.41) is 12.2. The number of anilines is 1. The van der Waals surface area contributed by atoms with Crippen LogP contribution in [0.1, 0.15) is 21.8 Å². The van der Waals surface area contributed by atoms with Gasteiger partial charge in [0.1, 0.15) is 0 Å². The Bertz CT molecular complexity index is 563. The van der Waals surface area contributed by atoms with Crippen molar-refractivity contribution in [1.82, 2.24) is 5.16 Å². The van der Waals surface area contributed by atoms with E-state index in [-0.39, 0.29) is 5.69 Å². The van der Waals surface area contributed by atoms with E-state index < -0.39 is 5.97 Å². The monoisotopic (exact) mass is 246 g/mol. The highest BCUT2D eigenvalue weighted by Crippen LogP contribution is 2.17. The van der Waals surface area contributed by atoms with Crippen LogP contribution in [-0.2, 0) is 6.54 Å². The normalized spacial score (nSPS) is 10.3. The third-order valence-corrected chi connectivity index (χ3v) is 2.61. The number of aromatic carboxylic acids is 1. The number of hydrogen-bond acceptors (Lipinski definition) is 4. The van der Waals surface area contributed by atoms with E-state index in [2.05, 4.69) is 11.2 Å². The van der Waals surface area contributed by atoms with Crippen molar-refractivity contribution in [3.63, 3.8) is 0 Å². The van der Waals surface area contributed by atoms with E-state index in [1.165, 1.54) is 11.6 Å². The van der Waals surface area contributed by atoms with Crippen LogP contribution in [-0.4, -0.2) is 23.3 Å². The van der Waals surface area contributed by atoms with E-state index in [1.54, 1.807) is 0 Å². The number of hydrogen-bond donors (Lipinski definition) is 1. The number of rotatable bonds is 4. The van der Waals surface area contributed by atoms with Crippen LogP contribution >= 0.6 is 0 Å². The van der Waals surface area contributed by atoms with E-state index in [0.717, 1.165) is 5.69 Å². The molecule has 1 aromatic carbocycles. The molecular weight excluding hydrogens is 232 g/mol. The highest BCUT2D eigenvalue weighted by Gasteiger charge is 2.12. The molecule has 1 heterocycles. The van der Waals surface area contributed by atoms with Gasteiger partial charge in [-0.1, -0.05) is 17.3 Å². The van der Waals surface area contributed by atoms with Crippen molar-refractivity contribution in [2.24, 2.45) is 0 Å². The van der Waals surface area contributed by atoms with Gasteiger partial charge in [0.15, 0.2) is 11.5 Å². The van der Waals surface area contributed by atoms with E-state index in [9.17, 15) is 4.79 Å². The number of carboxylic acids is 1. The highest BCUT2D eigenvalue weighted by molar-refractivity contribution is 5.85. The molecule has 0 aliphatic carbocycles. The molecule has 1 aromatic heterocycles. The van der Waals surface area contributed by atoms with Gasteiger partial charge in [0, 0.05) is 18.8 Å². The second-order valence-electron chi connectivity index (χ2n) is 4.18. The third kappa shape index (κ3) is 2.68. The Morgan fingerprint density at radius 2 is 2.22 bits per heavy atom. The zero-order valence-corrected chi connectivity index (χ0v) is 10.3. The van der Waals surface area contributed by atoms with Crippen molar-refractivity contribution >= 4 is 11.7 Å². The highest BCUT2D eigenvalue weighted by atomic mass is 16.5. The van der Waals surface area contributed by atoms with Crippen LogP contribution in [0.15, 0.2) is 34.9 Å². The molecular formula is C13H14N2O3. The van der Waals surface area contributed by atoms with Crippen molar-refractivity contribution in [2.75, 3.05) is 11.9 Å². The molecule has 0 fully saturated rings. The first-order chi connectivity index (χ1) is 8.56. The van der Waals surface area contributed by atoms with E-state index in [0.29, 0.717) is 12.3 Å². The van der Waals surface area contributed by atoms with E-state index >= 15 is 0 Å². The molecule has 18 heavy (non-hydrogen) atoms. The fourth-order valence-electron chi connectivity index (χ4n) is 1.68. The molecule has 0 radical (unpaired) electrons. The summed E-state index contributed by atoms with van der Waals surface area (Å²) in [5.74, 6) is -0.556. The molecule has 94 valence electrons. The van der Waals surface area contributed by atoms with Gasteiger partial charge in [-0.2, -0.15) is 0 Å². The summed E-state index contributed by atoms with van der Waals surface area (Å²) in [7, 11) is 1.91. The maximum Gasteiger partial charge on any atom is 0.358 e. The lowest BCUT2D eigenvalue weighted by Gasteiger charge is -2.17. The quantitative estimate of drug-likeness (QED) is 0.896. The summed E-state index contributed by atoms with van der Waals surface area (Å²) in [6.45, 7) is 2.50. The van der Waals surface area contributed by atoms with Crippen LogP contribution in [0.5, 0.6) is 0 Å². The lowest BCUT2D eigenvalue weighted by Crippen LogP contribution is -2.15. The minimum Gasteiger partial charge on any atom is -0.476 e. The summed E-state index contributed by atoms with van der Waals surface area (Å²) in [6, 6.07) is 9.48. The van der Waals surface area contributed by atoms with Crippen molar-refractivity contribution in [1.29, 1.82) is 0 Å². The average Bonchev–Trinajstić information content (AvgIpc) is 2.77. The summed E-state index contributed by atoms with van der Waals surface area (Å²) in [6.07, 6.45) is 0. The summed E-state index contributed by atoms with van der Waals surface area (Å²) in [4.78, 5) is 12.6. The van der Waals surface area contributed by atoms with Gasteiger partial charge in [-0.05, 0) is 24.6 Å². The number of nitrogens with zero attached hydrogens (tertiary/aromatic N) is 2. The summed E-state index contributed by atoms with van der Waals surface area (Å²) >= 11 is 0. The Balaban J connectivity index is 2.11. The van der Waals surface area contributed by atoms with Gasteiger partial charge in [-0.3, -0.25) is 0 Å². The summed E-state index contributed by atoms with van der Waals surface area (Å²) in [5.41, 5.74) is 2.15. The minimum atomic E-state index is -1.08. The molecule has 2 rings (SSSR count). The Labute approximate surface area is 105 Å². The molecule has 0 spiro atoms. The zero-order chi connectivity index (χ0) is 13.1. The Kier molecular flexibility index (Phi) is 3.32. The van der Waals surface area contributed by atoms with Crippen molar-refractivity contribution in [3.05, 3.63) is 47.3 Å². The van der Waals surface area contributed by atoms with Crippen LogP contribution in [0, 0.1) is 6.92 Å². The number of aromatic nitrogens is 1. The lowest BCUT2D eigenvalue weighted by atomic mass is 10.2. The van der Waals surface area contributed by atoms with Gasteiger partial charge in [-0.15, -0.1) is 0 Å². The van der Waals surface area contributed by atoms with Crippen molar-refractivity contribution < 1.29 is 14.4 Å². The Hall–Kier alpha value is -2.30. The van der Waals surface area contributed by atoms with Crippen molar-refractivity contribution in [3.8, 4) is 0 Å². The number of carbonyl (C=O) groups is 1. The summed E-state index contributed by atoms with van der Waals surface area (Å²) < 4.78 is 4.98. The predicted molar refractivity (Wildman–Crippen MR) is 66.7 cm³/mol. The Morgan fingerprint density at radius 3 is 2.83 bits per heavy atom. The molecule has 2 aromatic rings. The SMILES string of the molecule is Cc1cccc(N(C)Cc2cc(C(=O)O)no2)c1. The first-order valence-corrected chi connectivity index (χ1v) is 5.53. The fraction of sp³-hybridized carbons (Fsp3) is 0.231. The first kappa shape index (κ1) is 12.2. The van der Waals surface area contributed by atoms with Gasteiger partial charge in [-0.25, -0.2) is 4.79 Å². The smallest absolute Gasteiger partial charge is 0.358 e. The first-order valence-electron chi connectivity index (χ1n) is 5.53. The molecule has 1 N–H and O–H groups in total. The molecule has 0 amide bonds.